The third-order valence-electron chi connectivity index (χ3n) is 5.47. The molecule has 0 amide bonds. The van der Waals surface area contributed by atoms with E-state index in [1.165, 1.54) is 12.1 Å². The molecule has 1 aromatic heterocycles. The lowest BCUT2D eigenvalue weighted by Gasteiger charge is -2.25. The number of carbonyl (C=O) groups is 2. The van der Waals surface area contributed by atoms with Gasteiger partial charge in [-0.2, -0.15) is 0 Å². The highest BCUT2D eigenvalue weighted by molar-refractivity contribution is 5.90. The van der Waals surface area contributed by atoms with Gasteiger partial charge in [-0.15, -0.1) is 0 Å². The Morgan fingerprint density at radius 2 is 1.07 bits per heavy atom. The van der Waals surface area contributed by atoms with Gasteiger partial charge in [0, 0.05) is 44.1 Å². The first kappa shape index (κ1) is 33.6. The van der Waals surface area contributed by atoms with Crippen LogP contribution in [0.4, 0.5) is 5.69 Å². The third kappa shape index (κ3) is 14.1. The number of methoxy groups -OCH3 is 2. The molecule has 0 unspecified atom stereocenters. The van der Waals surface area contributed by atoms with Crippen molar-refractivity contribution >= 4 is 17.6 Å². The van der Waals surface area contributed by atoms with Crippen LogP contribution in [-0.4, -0.2) is 121 Å². The quantitative estimate of drug-likeness (QED) is 0.166. The predicted molar refractivity (Wildman–Crippen MR) is 150 cm³/mol. The van der Waals surface area contributed by atoms with Crippen molar-refractivity contribution in [3.63, 3.8) is 0 Å². The predicted octanol–water partition coefficient (Wildman–Crippen LogP) is 2.04. The molecule has 2 rings (SSSR count). The maximum absolute atomic E-state index is 11.3. The Kier molecular flexibility index (Phi) is 16.7. The average Bonchev–Trinajstić information content (AvgIpc) is 2.97. The summed E-state index contributed by atoms with van der Waals surface area (Å²) in [5, 5.41) is 18.4. The topological polar surface area (TPSA) is 146 Å². The first-order chi connectivity index (χ1) is 19.9. The number of pyridine rings is 1. The van der Waals surface area contributed by atoms with Crippen molar-refractivity contribution in [2.24, 2.45) is 0 Å². The van der Waals surface area contributed by atoms with E-state index in [1.807, 2.05) is 24.3 Å². The van der Waals surface area contributed by atoms with Crippen LogP contribution in [0.25, 0.3) is 0 Å². The number of anilines is 1. The summed E-state index contributed by atoms with van der Waals surface area (Å²) in [5.41, 5.74) is 1.10. The zero-order valence-corrected chi connectivity index (χ0v) is 23.5. The van der Waals surface area contributed by atoms with Crippen molar-refractivity contribution < 1.29 is 48.2 Å². The molecule has 0 spiro atoms. The molecule has 1 aromatic carbocycles. The summed E-state index contributed by atoms with van der Waals surface area (Å²) in [6.07, 6.45) is 0. The summed E-state index contributed by atoms with van der Waals surface area (Å²) in [5.74, 6) is 3.11. The van der Waals surface area contributed by atoms with Gasteiger partial charge in [-0.1, -0.05) is 11.8 Å². The number of ether oxygens (including phenoxy) is 6. The van der Waals surface area contributed by atoms with E-state index in [0.717, 1.165) is 5.69 Å². The van der Waals surface area contributed by atoms with Gasteiger partial charge in [0.05, 0.1) is 66.1 Å². The number of nitrogens with zero attached hydrogens (tertiary/aromatic N) is 2. The van der Waals surface area contributed by atoms with E-state index in [2.05, 4.69) is 21.7 Å². The van der Waals surface area contributed by atoms with E-state index in [4.69, 9.17) is 28.4 Å². The highest BCUT2D eigenvalue weighted by Gasteiger charge is 2.12. The second kappa shape index (κ2) is 20.3. The largest absolute Gasteiger partial charge is 0.477 e. The minimum Gasteiger partial charge on any atom is -0.477 e. The fourth-order valence-corrected chi connectivity index (χ4v) is 3.37. The molecule has 41 heavy (non-hydrogen) atoms. The molecule has 0 fully saturated rings. The van der Waals surface area contributed by atoms with Crippen molar-refractivity contribution in [3.8, 4) is 11.8 Å². The Balaban J connectivity index is 1.99. The highest BCUT2D eigenvalue weighted by Crippen LogP contribution is 2.15. The van der Waals surface area contributed by atoms with Crippen molar-refractivity contribution in [1.82, 2.24) is 4.98 Å². The number of carboxylic acids is 2. The van der Waals surface area contributed by atoms with Gasteiger partial charge in [-0.3, -0.25) is 0 Å². The lowest BCUT2D eigenvalue weighted by molar-refractivity contribution is 0.0235. The molecule has 0 atom stereocenters. The molecule has 0 aliphatic rings. The van der Waals surface area contributed by atoms with Gasteiger partial charge in [0.25, 0.3) is 0 Å². The van der Waals surface area contributed by atoms with Crippen molar-refractivity contribution in [2.45, 2.75) is 0 Å². The maximum Gasteiger partial charge on any atom is 0.354 e. The molecule has 0 aliphatic heterocycles. The number of benzene rings is 1. The molecule has 0 saturated heterocycles. The summed E-state index contributed by atoms with van der Waals surface area (Å²) in [4.78, 5) is 28.3. The molecule has 12 heteroatoms. The molecule has 2 N–H and O–H groups in total. The second-order valence-electron chi connectivity index (χ2n) is 8.46. The van der Waals surface area contributed by atoms with Crippen LogP contribution < -0.4 is 4.90 Å². The van der Waals surface area contributed by atoms with Crippen LogP contribution >= 0.6 is 0 Å². The van der Waals surface area contributed by atoms with E-state index in [0.29, 0.717) is 84.7 Å². The molecular weight excluding hydrogens is 536 g/mol. The smallest absolute Gasteiger partial charge is 0.354 e. The number of aromatic carboxylic acids is 2. The lowest BCUT2D eigenvalue weighted by Crippen LogP contribution is -2.31. The highest BCUT2D eigenvalue weighted by atomic mass is 16.5. The molecule has 224 valence electrons. The van der Waals surface area contributed by atoms with Gasteiger partial charge in [-0.25, -0.2) is 14.6 Å². The van der Waals surface area contributed by atoms with Crippen LogP contribution in [0.5, 0.6) is 0 Å². The van der Waals surface area contributed by atoms with Gasteiger partial charge in [0.2, 0.25) is 0 Å². The summed E-state index contributed by atoms with van der Waals surface area (Å²) in [7, 11) is 3.25. The minimum absolute atomic E-state index is 0.243. The summed E-state index contributed by atoms with van der Waals surface area (Å²) < 4.78 is 32.2. The molecule has 2 aromatic rings. The van der Waals surface area contributed by atoms with Crippen LogP contribution in [-0.2, 0) is 28.4 Å². The fraction of sp³-hybridized carbons (Fsp3) is 0.483. The van der Waals surface area contributed by atoms with Crippen LogP contribution in [0.1, 0.15) is 32.1 Å². The molecule has 12 nitrogen and oxygen atoms in total. The van der Waals surface area contributed by atoms with Gasteiger partial charge < -0.3 is 43.5 Å². The summed E-state index contributed by atoms with van der Waals surface area (Å²) >= 11 is 0. The Bertz CT molecular complexity index is 1060. The van der Waals surface area contributed by atoms with Crippen LogP contribution in [0.3, 0.4) is 0 Å². The van der Waals surface area contributed by atoms with E-state index < -0.39 is 11.9 Å². The summed E-state index contributed by atoms with van der Waals surface area (Å²) in [6.45, 7) is 6.31. The van der Waals surface area contributed by atoms with E-state index in [1.54, 1.807) is 14.2 Å². The monoisotopic (exact) mass is 574 g/mol. The van der Waals surface area contributed by atoms with Gasteiger partial charge >= 0.3 is 11.9 Å². The second-order valence-corrected chi connectivity index (χ2v) is 8.46. The number of hydrogen-bond donors (Lipinski definition) is 2. The normalized spacial score (nSPS) is 10.7. The number of aromatic nitrogens is 1. The summed E-state index contributed by atoms with van der Waals surface area (Å²) in [6, 6.07) is 9.99. The molecular formula is C29H38N2O10. The molecule has 0 bridgehead atoms. The first-order valence-corrected chi connectivity index (χ1v) is 13.1. The molecule has 0 aliphatic carbocycles. The first-order valence-electron chi connectivity index (χ1n) is 13.1. The Morgan fingerprint density at radius 3 is 1.51 bits per heavy atom. The molecule has 0 radical (unpaired) electrons. The lowest BCUT2D eigenvalue weighted by atomic mass is 10.1. The van der Waals surface area contributed by atoms with Crippen LogP contribution in [0, 0.1) is 11.8 Å². The third-order valence-corrected chi connectivity index (χ3v) is 5.47. The van der Waals surface area contributed by atoms with Crippen LogP contribution in [0.15, 0.2) is 36.4 Å². The van der Waals surface area contributed by atoms with E-state index in [9.17, 15) is 19.8 Å². The van der Waals surface area contributed by atoms with E-state index in [-0.39, 0.29) is 17.0 Å². The van der Waals surface area contributed by atoms with Gasteiger partial charge in [0.15, 0.2) is 0 Å². The zero-order chi connectivity index (χ0) is 29.7. The van der Waals surface area contributed by atoms with Gasteiger partial charge in [0.1, 0.15) is 11.4 Å². The minimum atomic E-state index is -1.33. The standard InChI is InChI=1S/C29H38N2O10/c1-36-13-15-40-19-17-38-11-9-31(10-12-39-18-20-41-16-14-37-2)25-7-5-23(6-8-25)3-4-24-21-26(28(32)33)30-27(22-24)29(34)35/h5-8,21-22H,9-20H2,1-2H3,(H,32,33)(H,34,35). The zero-order valence-electron chi connectivity index (χ0n) is 23.5. The van der Waals surface area contributed by atoms with Crippen molar-refractivity contribution in [3.05, 3.63) is 58.9 Å². The fourth-order valence-electron chi connectivity index (χ4n) is 3.37. The Labute approximate surface area is 240 Å². The van der Waals surface area contributed by atoms with E-state index >= 15 is 0 Å². The maximum atomic E-state index is 11.3. The number of hydrogen-bond acceptors (Lipinski definition) is 10. The Hall–Kier alpha value is -3.57. The molecule has 1 heterocycles. The van der Waals surface area contributed by atoms with Crippen LogP contribution in [0.2, 0.25) is 0 Å². The SMILES string of the molecule is COCCOCCOCCN(CCOCCOCCOC)c1ccc(C#Cc2cc(C(=O)O)nc(C(=O)O)c2)cc1. The van der Waals surface area contributed by atoms with Crippen molar-refractivity contribution in [2.75, 3.05) is 98.3 Å². The molecule has 0 saturated carbocycles. The number of rotatable bonds is 21. The van der Waals surface area contributed by atoms with Gasteiger partial charge in [-0.05, 0) is 36.4 Å². The van der Waals surface area contributed by atoms with Crippen molar-refractivity contribution in [1.29, 1.82) is 0 Å². The number of carboxylic acid groups (broad SMARTS) is 2. The average molecular weight is 575 g/mol. The Morgan fingerprint density at radius 1 is 0.659 bits per heavy atom.